The quantitative estimate of drug-likeness (QED) is 0.0920. The first-order valence-corrected chi connectivity index (χ1v) is 15.2. The number of thioether (sulfide) groups is 1. The van der Waals surface area contributed by atoms with E-state index in [0.29, 0.717) is 39.6 Å². The van der Waals surface area contributed by atoms with Gasteiger partial charge in [0.15, 0.2) is 11.5 Å². The van der Waals surface area contributed by atoms with Gasteiger partial charge >= 0.3 is 5.97 Å². The Kier molecular flexibility index (Phi) is 12.0. The Hall–Kier alpha value is -5.55. The lowest BCUT2D eigenvalue weighted by Gasteiger charge is -2.13. The van der Waals surface area contributed by atoms with Gasteiger partial charge in [-0.25, -0.2) is 4.79 Å². The first-order chi connectivity index (χ1) is 22.3. The van der Waals surface area contributed by atoms with Crippen LogP contribution in [0.3, 0.4) is 0 Å². The minimum absolute atomic E-state index is 0.0199. The average Bonchev–Trinajstić information content (AvgIpc) is 3.08. The first-order valence-electron chi connectivity index (χ1n) is 14.2. The number of esters is 1. The second-order valence-electron chi connectivity index (χ2n) is 9.61. The number of amides is 3. The van der Waals surface area contributed by atoms with Gasteiger partial charge in [0.1, 0.15) is 5.70 Å². The molecular weight excluding hydrogens is 606 g/mol. The molecule has 0 saturated heterocycles. The molecule has 0 fully saturated rings. The van der Waals surface area contributed by atoms with Crippen molar-refractivity contribution >= 4 is 52.9 Å². The van der Waals surface area contributed by atoms with Crippen LogP contribution < -0.4 is 25.4 Å². The van der Waals surface area contributed by atoms with Crippen LogP contribution in [0, 0.1) is 0 Å². The van der Waals surface area contributed by atoms with Crippen LogP contribution in [-0.4, -0.2) is 50.3 Å². The van der Waals surface area contributed by atoms with Crippen LogP contribution in [0.2, 0.25) is 0 Å². The standard InChI is InChI=1S/C35H33N3O7S/c1-4-45-35(42)25-11-13-26(14-12-25)36-32(39)22-46-28-17-15-27(16-18-28)37-34(41)29(38-33(40)24-8-6-5-7-9-24)20-23-10-19-30(43-2)31(21-23)44-3/h5-21H,4,22H2,1-3H3,(H,36,39)(H,37,41)(H,38,40)/b29-20-. The second-order valence-corrected chi connectivity index (χ2v) is 10.7. The first kappa shape index (κ1) is 33.3. The highest BCUT2D eigenvalue weighted by atomic mass is 32.2. The molecule has 0 aliphatic rings. The van der Waals surface area contributed by atoms with Crippen LogP contribution in [-0.2, 0) is 14.3 Å². The van der Waals surface area contributed by atoms with E-state index in [4.69, 9.17) is 14.2 Å². The lowest BCUT2D eigenvalue weighted by Crippen LogP contribution is -2.30. The second kappa shape index (κ2) is 16.5. The van der Waals surface area contributed by atoms with Gasteiger partial charge in [-0.05, 0) is 91.4 Å². The molecule has 0 aliphatic carbocycles. The summed E-state index contributed by atoms with van der Waals surface area (Å²) in [6, 6.07) is 27.2. The number of nitrogens with one attached hydrogen (secondary N) is 3. The molecule has 0 unspecified atom stereocenters. The summed E-state index contributed by atoms with van der Waals surface area (Å²) in [4.78, 5) is 51.4. The molecule has 0 radical (unpaired) electrons. The van der Waals surface area contributed by atoms with E-state index >= 15 is 0 Å². The van der Waals surface area contributed by atoms with Gasteiger partial charge in [-0.2, -0.15) is 0 Å². The summed E-state index contributed by atoms with van der Waals surface area (Å²) in [5, 5.41) is 8.33. The van der Waals surface area contributed by atoms with Crippen molar-refractivity contribution in [3.8, 4) is 11.5 Å². The van der Waals surface area contributed by atoms with Crippen molar-refractivity contribution in [1.29, 1.82) is 0 Å². The summed E-state index contributed by atoms with van der Waals surface area (Å²) in [7, 11) is 3.04. The van der Waals surface area contributed by atoms with Gasteiger partial charge in [0.05, 0.1) is 32.1 Å². The topological polar surface area (TPSA) is 132 Å². The van der Waals surface area contributed by atoms with Crippen LogP contribution in [0.1, 0.15) is 33.2 Å². The summed E-state index contributed by atoms with van der Waals surface area (Å²) in [6.07, 6.45) is 1.55. The largest absolute Gasteiger partial charge is 0.493 e. The maximum absolute atomic E-state index is 13.4. The zero-order chi connectivity index (χ0) is 32.9. The molecule has 0 aromatic heterocycles. The predicted molar refractivity (Wildman–Crippen MR) is 178 cm³/mol. The monoisotopic (exact) mass is 639 g/mol. The average molecular weight is 640 g/mol. The van der Waals surface area contributed by atoms with Crippen molar-refractivity contribution in [1.82, 2.24) is 5.32 Å². The van der Waals surface area contributed by atoms with Crippen molar-refractivity contribution in [2.45, 2.75) is 11.8 Å². The van der Waals surface area contributed by atoms with Crippen molar-refractivity contribution in [2.24, 2.45) is 0 Å². The number of rotatable bonds is 13. The third-order valence-electron chi connectivity index (χ3n) is 6.41. The molecule has 0 bridgehead atoms. The van der Waals surface area contributed by atoms with E-state index in [1.165, 1.54) is 26.0 Å². The number of carbonyl (C=O) groups excluding carboxylic acids is 4. The fourth-order valence-electron chi connectivity index (χ4n) is 4.13. The summed E-state index contributed by atoms with van der Waals surface area (Å²) in [5.41, 5.74) is 2.49. The van der Waals surface area contributed by atoms with Crippen molar-refractivity contribution in [2.75, 3.05) is 37.2 Å². The number of anilines is 2. The molecule has 0 saturated carbocycles. The number of hydrogen-bond acceptors (Lipinski definition) is 8. The maximum atomic E-state index is 13.4. The van der Waals surface area contributed by atoms with Gasteiger partial charge in [0.2, 0.25) is 5.91 Å². The Morgan fingerprint density at radius 2 is 1.39 bits per heavy atom. The molecule has 4 aromatic carbocycles. The fourth-order valence-corrected chi connectivity index (χ4v) is 4.83. The van der Waals surface area contributed by atoms with Crippen molar-refractivity contribution in [3.05, 3.63) is 119 Å². The van der Waals surface area contributed by atoms with Gasteiger partial charge < -0.3 is 30.2 Å². The maximum Gasteiger partial charge on any atom is 0.338 e. The number of ether oxygens (including phenoxy) is 3. The van der Waals surface area contributed by atoms with Gasteiger partial charge in [0, 0.05) is 21.8 Å². The molecule has 4 rings (SSSR count). The van der Waals surface area contributed by atoms with Gasteiger partial charge in [0.25, 0.3) is 11.8 Å². The van der Waals surface area contributed by atoms with Crippen LogP contribution in [0.25, 0.3) is 6.08 Å². The molecule has 3 N–H and O–H groups in total. The zero-order valence-corrected chi connectivity index (χ0v) is 26.3. The SMILES string of the molecule is CCOC(=O)c1ccc(NC(=O)CSc2ccc(NC(=O)/C(=C/c3ccc(OC)c(OC)c3)NC(=O)c3ccccc3)cc2)cc1. The van der Waals surface area contributed by atoms with Crippen LogP contribution in [0.5, 0.6) is 11.5 Å². The van der Waals surface area contributed by atoms with Crippen LogP contribution in [0.4, 0.5) is 11.4 Å². The molecular formula is C35H33N3O7S. The predicted octanol–water partition coefficient (Wildman–Crippen LogP) is 6.02. The normalized spacial score (nSPS) is 10.8. The summed E-state index contributed by atoms with van der Waals surface area (Å²) in [5.74, 6) is -0.467. The minimum Gasteiger partial charge on any atom is -0.493 e. The van der Waals surface area contributed by atoms with E-state index in [1.807, 2.05) is 0 Å². The molecule has 46 heavy (non-hydrogen) atoms. The molecule has 11 heteroatoms. The van der Waals surface area contributed by atoms with Crippen molar-refractivity contribution in [3.63, 3.8) is 0 Å². The third kappa shape index (κ3) is 9.47. The smallest absolute Gasteiger partial charge is 0.338 e. The van der Waals surface area contributed by atoms with E-state index in [2.05, 4.69) is 16.0 Å². The highest BCUT2D eigenvalue weighted by molar-refractivity contribution is 8.00. The molecule has 0 spiro atoms. The number of hydrogen-bond donors (Lipinski definition) is 3. The van der Waals surface area contributed by atoms with Crippen molar-refractivity contribution < 1.29 is 33.4 Å². The number of carbonyl (C=O) groups is 4. The van der Waals surface area contributed by atoms with E-state index in [1.54, 1.807) is 110 Å². The zero-order valence-electron chi connectivity index (χ0n) is 25.5. The van der Waals surface area contributed by atoms with Crippen LogP contribution in [0.15, 0.2) is 108 Å². The highest BCUT2D eigenvalue weighted by Crippen LogP contribution is 2.28. The summed E-state index contributed by atoms with van der Waals surface area (Å²) >= 11 is 1.32. The van der Waals surface area contributed by atoms with E-state index in [-0.39, 0.29) is 24.0 Å². The number of methoxy groups -OCH3 is 2. The minimum atomic E-state index is -0.534. The molecule has 0 heterocycles. The molecule has 0 atom stereocenters. The lowest BCUT2D eigenvalue weighted by atomic mass is 10.1. The lowest BCUT2D eigenvalue weighted by molar-refractivity contribution is -0.114. The van der Waals surface area contributed by atoms with Gasteiger partial charge in [-0.15, -0.1) is 11.8 Å². The van der Waals surface area contributed by atoms with Gasteiger partial charge in [-0.3, -0.25) is 14.4 Å². The summed E-state index contributed by atoms with van der Waals surface area (Å²) < 4.78 is 15.6. The van der Waals surface area contributed by atoms with Crippen LogP contribution >= 0.6 is 11.8 Å². The fraction of sp³-hybridized carbons (Fsp3) is 0.143. The summed E-state index contributed by atoms with van der Waals surface area (Å²) in [6.45, 7) is 2.02. The molecule has 4 aromatic rings. The van der Waals surface area contributed by atoms with Gasteiger partial charge in [-0.1, -0.05) is 24.3 Å². The Morgan fingerprint density at radius 1 is 0.739 bits per heavy atom. The van der Waals surface area contributed by atoms with E-state index in [0.717, 1.165) is 4.90 Å². The molecule has 10 nitrogen and oxygen atoms in total. The molecule has 0 aliphatic heterocycles. The van der Waals surface area contributed by atoms with E-state index in [9.17, 15) is 19.2 Å². The molecule has 236 valence electrons. The Bertz CT molecular complexity index is 1710. The highest BCUT2D eigenvalue weighted by Gasteiger charge is 2.16. The Labute approximate surface area is 271 Å². The Morgan fingerprint density at radius 3 is 2.04 bits per heavy atom. The third-order valence-corrected chi connectivity index (χ3v) is 7.42. The Balaban J connectivity index is 1.40. The van der Waals surface area contributed by atoms with E-state index < -0.39 is 17.8 Å². The molecule has 3 amide bonds. The number of benzene rings is 4.